The van der Waals surface area contributed by atoms with E-state index in [0.717, 1.165) is 6.26 Å². The zero-order chi connectivity index (χ0) is 17.7. The van der Waals surface area contributed by atoms with Gasteiger partial charge < -0.3 is 10.6 Å². The Balaban J connectivity index is 1.96. The Morgan fingerprint density at radius 1 is 1.04 bits per heavy atom. The molecule has 1 unspecified atom stereocenters. The molecule has 2 aromatic rings. The maximum atomic E-state index is 12.2. The molecule has 0 saturated carbocycles. The van der Waals surface area contributed by atoms with Crippen LogP contribution in [0.3, 0.4) is 0 Å². The molecule has 128 valence electrons. The minimum atomic E-state index is -3.31. The third-order valence-corrected chi connectivity index (χ3v) is 3.90. The van der Waals surface area contributed by atoms with E-state index in [9.17, 15) is 13.2 Å². The SMILES string of the molecule is CC(Nc1ccc(NS(C)(=O)=O)cc1)C(=O)Nc1cccc(Cl)c1. The van der Waals surface area contributed by atoms with Crippen LogP contribution in [0.1, 0.15) is 6.92 Å². The van der Waals surface area contributed by atoms with Gasteiger partial charge in [-0.1, -0.05) is 17.7 Å². The van der Waals surface area contributed by atoms with Crippen LogP contribution in [0, 0.1) is 0 Å². The summed E-state index contributed by atoms with van der Waals surface area (Å²) in [5.41, 5.74) is 1.77. The van der Waals surface area contributed by atoms with Crippen LogP contribution in [0.2, 0.25) is 5.02 Å². The highest BCUT2D eigenvalue weighted by atomic mass is 35.5. The summed E-state index contributed by atoms with van der Waals surface area (Å²) >= 11 is 5.88. The first-order chi connectivity index (χ1) is 11.2. The molecule has 3 N–H and O–H groups in total. The second-order valence-corrected chi connectivity index (χ2v) is 7.50. The summed E-state index contributed by atoms with van der Waals surface area (Å²) in [5, 5.41) is 6.36. The molecule has 0 radical (unpaired) electrons. The van der Waals surface area contributed by atoms with E-state index in [1.165, 1.54) is 0 Å². The standard InChI is InChI=1S/C16H18ClN3O3S/c1-11(16(21)19-15-5-3-4-12(17)10-15)18-13-6-8-14(9-7-13)20-24(2,22)23/h3-11,18,20H,1-2H3,(H,19,21). The lowest BCUT2D eigenvalue weighted by Crippen LogP contribution is -2.31. The summed E-state index contributed by atoms with van der Waals surface area (Å²) in [4.78, 5) is 12.2. The minimum Gasteiger partial charge on any atom is -0.374 e. The van der Waals surface area contributed by atoms with Crippen LogP contribution in [0.25, 0.3) is 0 Å². The minimum absolute atomic E-state index is 0.212. The van der Waals surface area contributed by atoms with Gasteiger partial charge in [0.2, 0.25) is 15.9 Å². The number of nitrogens with one attached hydrogen (secondary N) is 3. The smallest absolute Gasteiger partial charge is 0.246 e. The van der Waals surface area contributed by atoms with E-state index in [4.69, 9.17) is 11.6 Å². The Morgan fingerprint density at radius 3 is 2.25 bits per heavy atom. The lowest BCUT2D eigenvalue weighted by Gasteiger charge is -2.16. The van der Waals surface area contributed by atoms with Crippen molar-refractivity contribution in [3.05, 3.63) is 53.6 Å². The number of halogens is 1. The summed E-state index contributed by atoms with van der Waals surface area (Å²) in [5.74, 6) is -0.212. The normalized spacial score (nSPS) is 12.3. The summed E-state index contributed by atoms with van der Waals surface area (Å²) in [6, 6.07) is 13.0. The zero-order valence-corrected chi connectivity index (χ0v) is 14.8. The maximum absolute atomic E-state index is 12.2. The van der Waals surface area contributed by atoms with Crippen LogP contribution in [0.15, 0.2) is 48.5 Å². The molecule has 24 heavy (non-hydrogen) atoms. The van der Waals surface area contributed by atoms with Crippen molar-refractivity contribution in [3.8, 4) is 0 Å². The molecule has 0 aliphatic carbocycles. The molecule has 0 heterocycles. The number of benzene rings is 2. The van der Waals surface area contributed by atoms with Crippen LogP contribution in [0.4, 0.5) is 17.1 Å². The lowest BCUT2D eigenvalue weighted by atomic mass is 10.2. The molecule has 0 aliphatic heterocycles. The van der Waals surface area contributed by atoms with E-state index < -0.39 is 16.1 Å². The molecule has 0 aliphatic rings. The number of rotatable bonds is 6. The first kappa shape index (κ1) is 18.1. The van der Waals surface area contributed by atoms with Gasteiger partial charge in [-0.15, -0.1) is 0 Å². The van der Waals surface area contributed by atoms with Gasteiger partial charge in [-0.2, -0.15) is 0 Å². The van der Waals surface area contributed by atoms with Crippen molar-refractivity contribution in [2.24, 2.45) is 0 Å². The number of hydrogen-bond donors (Lipinski definition) is 3. The molecule has 0 bridgehead atoms. The van der Waals surface area contributed by atoms with Crippen molar-refractivity contribution in [3.63, 3.8) is 0 Å². The number of sulfonamides is 1. The predicted molar refractivity (Wildman–Crippen MR) is 98.1 cm³/mol. The third kappa shape index (κ3) is 5.75. The Hall–Kier alpha value is -2.25. The Morgan fingerprint density at radius 2 is 1.67 bits per heavy atom. The molecule has 0 saturated heterocycles. The fourth-order valence-corrected chi connectivity index (χ4v) is 2.74. The van der Waals surface area contributed by atoms with Crippen LogP contribution in [0.5, 0.6) is 0 Å². The number of hydrogen-bond acceptors (Lipinski definition) is 4. The number of anilines is 3. The monoisotopic (exact) mass is 367 g/mol. The Kier molecular flexibility index (Phi) is 5.69. The van der Waals surface area contributed by atoms with Crippen LogP contribution >= 0.6 is 11.6 Å². The van der Waals surface area contributed by atoms with Crippen molar-refractivity contribution >= 4 is 44.6 Å². The second kappa shape index (κ2) is 7.55. The van der Waals surface area contributed by atoms with E-state index in [1.54, 1.807) is 55.5 Å². The summed E-state index contributed by atoms with van der Waals surface area (Å²) < 4.78 is 24.7. The lowest BCUT2D eigenvalue weighted by molar-refractivity contribution is -0.116. The molecule has 0 fully saturated rings. The molecule has 0 spiro atoms. The number of amides is 1. The molecule has 1 atom stereocenters. The Bertz CT molecular complexity index is 823. The summed E-state index contributed by atoms with van der Waals surface area (Å²) in [6.45, 7) is 1.72. The van der Waals surface area contributed by atoms with Gasteiger partial charge in [-0.3, -0.25) is 9.52 Å². The van der Waals surface area contributed by atoms with Gasteiger partial charge in [0.1, 0.15) is 6.04 Å². The van der Waals surface area contributed by atoms with Crippen molar-refractivity contribution < 1.29 is 13.2 Å². The molecule has 8 heteroatoms. The first-order valence-corrected chi connectivity index (χ1v) is 9.41. The zero-order valence-electron chi connectivity index (χ0n) is 13.2. The fourth-order valence-electron chi connectivity index (χ4n) is 1.98. The maximum Gasteiger partial charge on any atom is 0.246 e. The number of carbonyl (C=O) groups is 1. The van der Waals surface area contributed by atoms with Crippen LogP contribution in [-0.4, -0.2) is 26.6 Å². The Labute approximate surface area is 146 Å². The molecule has 6 nitrogen and oxygen atoms in total. The van der Waals surface area contributed by atoms with Gasteiger partial charge in [0, 0.05) is 22.1 Å². The van der Waals surface area contributed by atoms with E-state index in [-0.39, 0.29) is 5.91 Å². The molecule has 2 rings (SSSR count). The van der Waals surface area contributed by atoms with Gasteiger partial charge >= 0.3 is 0 Å². The fraction of sp³-hybridized carbons (Fsp3) is 0.188. The molecule has 1 amide bonds. The summed E-state index contributed by atoms with van der Waals surface area (Å²) in [7, 11) is -3.31. The third-order valence-electron chi connectivity index (χ3n) is 3.06. The summed E-state index contributed by atoms with van der Waals surface area (Å²) in [6.07, 6.45) is 1.08. The molecular formula is C16H18ClN3O3S. The van der Waals surface area contributed by atoms with Gasteiger partial charge in [-0.05, 0) is 49.4 Å². The second-order valence-electron chi connectivity index (χ2n) is 5.32. The average molecular weight is 368 g/mol. The van der Waals surface area contributed by atoms with Gasteiger partial charge in [0.15, 0.2) is 0 Å². The van der Waals surface area contributed by atoms with Gasteiger partial charge in [-0.25, -0.2) is 8.42 Å². The van der Waals surface area contributed by atoms with E-state index >= 15 is 0 Å². The van der Waals surface area contributed by atoms with Crippen molar-refractivity contribution in [2.45, 2.75) is 13.0 Å². The van der Waals surface area contributed by atoms with Crippen LogP contribution < -0.4 is 15.4 Å². The predicted octanol–water partition coefficient (Wildman–Crippen LogP) is 3.15. The quantitative estimate of drug-likeness (QED) is 0.731. The van der Waals surface area contributed by atoms with E-state index in [1.807, 2.05) is 0 Å². The van der Waals surface area contributed by atoms with Crippen molar-refractivity contribution in [1.82, 2.24) is 0 Å². The topological polar surface area (TPSA) is 87.3 Å². The highest BCUT2D eigenvalue weighted by Gasteiger charge is 2.13. The number of carbonyl (C=O) groups excluding carboxylic acids is 1. The van der Waals surface area contributed by atoms with Crippen LogP contribution in [-0.2, 0) is 14.8 Å². The first-order valence-electron chi connectivity index (χ1n) is 7.14. The molecular weight excluding hydrogens is 350 g/mol. The van der Waals surface area contributed by atoms with E-state index in [0.29, 0.717) is 22.1 Å². The van der Waals surface area contributed by atoms with Gasteiger partial charge in [0.25, 0.3) is 0 Å². The molecule has 0 aromatic heterocycles. The van der Waals surface area contributed by atoms with E-state index in [2.05, 4.69) is 15.4 Å². The van der Waals surface area contributed by atoms with Crippen molar-refractivity contribution in [1.29, 1.82) is 0 Å². The largest absolute Gasteiger partial charge is 0.374 e. The highest BCUT2D eigenvalue weighted by Crippen LogP contribution is 2.17. The van der Waals surface area contributed by atoms with Gasteiger partial charge in [0.05, 0.1) is 6.26 Å². The highest BCUT2D eigenvalue weighted by molar-refractivity contribution is 7.92. The average Bonchev–Trinajstić information content (AvgIpc) is 2.47. The molecule has 2 aromatic carbocycles. The van der Waals surface area contributed by atoms with Crippen molar-refractivity contribution in [2.75, 3.05) is 21.6 Å².